The summed E-state index contributed by atoms with van der Waals surface area (Å²) < 4.78 is 3.17. The molecule has 4 N–H and O–H groups in total. The normalized spacial score (nSPS) is 10.6. The van der Waals surface area contributed by atoms with Crippen molar-refractivity contribution >= 4 is 46.7 Å². The van der Waals surface area contributed by atoms with Crippen LogP contribution < -0.4 is 21.3 Å². The Bertz CT molecular complexity index is 1130. The van der Waals surface area contributed by atoms with Crippen molar-refractivity contribution in [2.75, 3.05) is 56.8 Å². The second-order valence-corrected chi connectivity index (χ2v) is 8.76. The molecular weight excluding hydrogens is 506 g/mol. The van der Waals surface area contributed by atoms with Gasteiger partial charge in [-0.1, -0.05) is 0 Å². The van der Waals surface area contributed by atoms with Crippen LogP contribution in [0.5, 0.6) is 0 Å². The molecule has 5 amide bonds. The average Bonchev–Trinajstić information content (AvgIpc) is 3.38. The third-order valence-corrected chi connectivity index (χ3v) is 5.29. The number of halogens is 1. The van der Waals surface area contributed by atoms with Crippen molar-refractivity contribution in [1.29, 1.82) is 0 Å². The maximum absolute atomic E-state index is 12.8. The standard InChI is InChI=1S/C22H32ClN9O5/c1-29(2)10-8-24-20(34)17-12-16(14-30(17)3)27-21(35)18-11-15(13-31(18)4)26-19(33)5-7-25-22(36)32(28-37)9-6-23/h11-14H,5-10H2,1-4H3,(H,24,34)(H,25,36)(H,26,33)(H,27,35). The van der Waals surface area contributed by atoms with Gasteiger partial charge in [-0.3, -0.25) is 14.4 Å². The van der Waals surface area contributed by atoms with Crippen LogP contribution >= 0.6 is 11.6 Å². The van der Waals surface area contributed by atoms with Crippen LogP contribution in [0, 0.1) is 4.91 Å². The molecule has 0 unspecified atom stereocenters. The van der Waals surface area contributed by atoms with Crippen molar-refractivity contribution in [2.24, 2.45) is 19.4 Å². The molecule has 0 spiro atoms. The third kappa shape index (κ3) is 8.91. The third-order valence-electron chi connectivity index (χ3n) is 5.12. The summed E-state index contributed by atoms with van der Waals surface area (Å²) in [6.07, 6.45) is 3.13. The Balaban J connectivity index is 1.91. The molecule has 0 fully saturated rings. The SMILES string of the molecule is CN(C)CCNC(=O)c1cc(NC(=O)c2cc(NC(=O)CCNC(=O)N(CCCl)N=O)cn2C)cn1C. The lowest BCUT2D eigenvalue weighted by Crippen LogP contribution is -2.38. The topological polar surface area (TPSA) is 162 Å². The summed E-state index contributed by atoms with van der Waals surface area (Å²) in [6, 6.07) is 2.33. The number of likely N-dealkylation sites (N-methyl/N-ethyl adjacent to an activating group) is 1. The zero-order valence-corrected chi connectivity index (χ0v) is 22.0. The van der Waals surface area contributed by atoms with Gasteiger partial charge in [0.1, 0.15) is 11.4 Å². The molecule has 0 aliphatic carbocycles. The van der Waals surface area contributed by atoms with E-state index < -0.39 is 17.8 Å². The van der Waals surface area contributed by atoms with Crippen molar-refractivity contribution in [3.05, 3.63) is 40.8 Å². The van der Waals surface area contributed by atoms with E-state index in [4.69, 9.17) is 11.6 Å². The van der Waals surface area contributed by atoms with Crippen molar-refractivity contribution in [2.45, 2.75) is 6.42 Å². The summed E-state index contributed by atoms with van der Waals surface area (Å²) in [4.78, 5) is 61.8. The summed E-state index contributed by atoms with van der Waals surface area (Å²) in [5, 5.41) is 13.8. The molecule has 37 heavy (non-hydrogen) atoms. The van der Waals surface area contributed by atoms with Gasteiger partial charge in [-0.15, -0.1) is 16.5 Å². The quantitative estimate of drug-likeness (QED) is 0.170. The smallest absolute Gasteiger partial charge is 0.340 e. The van der Waals surface area contributed by atoms with Crippen molar-refractivity contribution in [3.8, 4) is 0 Å². The van der Waals surface area contributed by atoms with Crippen LogP contribution in [-0.4, -0.2) is 89.0 Å². The molecule has 0 saturated carbocycles. The number of amides is 5. The van der Waals surface area contributed by atoms with Gasteiger partial charge in [0.05, 0.1) is 23.2 Å². The van der Waals surface area contributed by atoms with E-state index in [9.17, 15) is 24.1 Å². The molecule has 0 aromatic carbocycles. The number of urea groups is 1. The van der Waals surface area contributed by atoms with Crippen LogP contribution in [0.1, 0.15) is 27.4 Å². The van der Waals surface area contributed by atoms with E-state index in [1.807, 2.05) is 19.0 Å². The van der Waals surface area contributed by atoms with Gasteiger partial charge < -0.3 is 35.3 Å². The number of alkyl halides is 1. The van der Waals surface area contributed by atoms with Crippen molar-refractivity contribution < 1.29 is 19.2 Å². The predicted molar refractivity (Wildman–Crippen MR) is 140 cm³/mol. The Morgan fingerprint density at radius 3 is 2.05 bits per heavy atom. The fourth-order valence-corrected chi connectivity index (χ4v) is 3.41. The zero-order chi connectivity index (χ0) is 27.5. The first-order chi connectivity index (χ1) is 17.5. The van der Waals surface area contributed by atoms with E-state index in [2.05, 4.69) is 26.6 Å². The number of hydrogen-bond acceptors (Lipinski definition) is 7. The van der Waals surface area contributed by atoms with Crippen LogP contribution in [0.3, 0.4) is 0 Å². The highest BCUT2D eigenvalue weighted by Crippen LogP contribution is 2.17. The van der Waals surface area contributed by atoms with E-state index in [0.717, 1.165) is 0 Å². The van der Waals surface area contributed by atoms with Crippen LogP contribution in [0.25, 0.3) is 0 Å². The highest BCUT2D eigenvalue weighted by molar-refractivity contribution is 6.18. The molecule has 0 aliphatic rings. The number of nitroso groups, excluding NO2 is 1. The second kappa shape index (κ2) is 14.0. The molecule has 0 saturated heterocycles. The van der Waals surface area contributed by atoms with E-state index in [1.54, 1.807) is 41.7 Å². The first-order valence-electron chi connectivity index (χ1n) is 11.4. The number of aryl methyl sites for hydroxylation is 2. The van der Waals surface area contributed by atoms with Crippen LogP contribution in [0.4, 0.5) is 16.2 Å². The van der Waals surface area contributed by atoms with Crippen molar-refractivity contribution in [1.82, 2.24) is 29.7 Å². The Kier molecular flexibility index (Phi) is 11.1. The molecular formula is C22H32ClN9O5. The molecule has 14 nitrogen and oxygen atoms in total. The summed E-state index contributed by atoms with van der Waals surface area (Å²) in [5.74, 6) is -1.05. The summed E-state index contributed by atoms with van der Waals surface area (Å²) in [6.45, 7) is 1.11. The molecule has 2 aromatic rings. The largest absolute Gasteiger partial charge is 0.349 e. The molecule has 202 valence electrons. The number of anilines is 2. The Hall–Kier alpha value is -3.91. The maximum atomic E-state index is 12.8. The maximum Gasteiger partial charge on any atom is 0.340 e. The number of carbonyl (C=O) groups is 4. The highest BCUT2D eigenvalue weighted by Gasteiger charge is 2.17. The number of nitrogens with zero attached hydrogens (tertiary/aromatic N) is 5. The van der Waals surface area contributed by atoms with Gasteiger partial charge in [-0.2, -0.15) is 5.01 Å². The summed E-state index contributed by atoms with van der Waals surface area (Å²) in [7, 11) is 7.18. The fraction of sp³-hybridized carbons (Fsp3) is 0.455. The van der Waals surface area contributed by atoms with E-state index in [0.29, 0.717) is 35.2 Å². The van der Waals surface area contributed by atoms with E-state index in [-0.39, 0.29) is 37.0 Å². The number of rotatable bonds is 13. The Morgan fingerprint density at radius 1 is 0.892 bits per heavy atom. The number of hydrogen-bond donors (Lipinski definition) is 4. The van der Waals surface area contributed by atoms with E-state index >= 15 is 0 Å². The molecule has 15 heteroatoms. The van der Waals surface area contributed by atoms with Gasteiger partial charge >= 0.3 is 6.03 Å². The Labute approximate surface area is 219 Å². The molecule has 2 aromatic heterocycles. The molecule has 2 heterocycles. The molecule has 0 atom stereocenters. The van der Waals surface area contributed by atoms with Gasteiger partial charge in [0.15, 0.2) is 0 Å². The minimum atomic E-state index is -0.753. The molecule has 0 bridgehead atoms. The fourth-order valence-electron chi connectivity index (χ4n) is 3.25. The lowest BCUT2D eigenvalue weighted by atomic mass is 10.3. The number of nitrogens with one attached hydrogen (secondary N) is 4. The Morgan fingerprint density at radius 2 is 1.49 bits per heavy atom. The lowest BCUT2D eigenvalue weighted by Gasteiger charge is -2.12. The predicted octanol–water partition coefficient (Wildman–Crippen LogP) is 1.17. The molecule has 0 aliphatic heterocycles. The van der Waals surface area contributed by atoms with Crippen LogP contribution in [0.15, 0.2) is 29.8 Å². The van der Waals surface area contributed by atoms with Crippen LogP contribution in [-0.2, 0) is 18.9 Å². The lowest BCUT2D eigenvalue weighted by molar-refractivity contribution is -0.116. The van der Waals surface area contributed by atoms with Crippen LogP contribution in [0.2, 0.25) is 0 Å². The van der Waals surface area contributed by atoms with Gasteiger partial charge in [-0.05, 0) is 26.2 Å². The number of carbonyl (C=O) groups excluding carboxylic acids is 4. The first-order valence-corrected chi connectivity index (χ1v) is 11.9. The first kappa shape index (κ1) is 29.3. The monoisotopic (exact) mass is 537 g/mol. The van der Waals surface area contributed by atoms with Gasteiger partial charge in [-0.25, -0.2) is 4.79 Å². The summed E-state index contributed by atoms with van der Waals surface area (Å²) >= 11 is 5.49. The minimum Gasteiger partial charge on any atom is -0.349 e. The second-order valence-electron chi connectivity index (χ2n) is 8.39. The van der Waals surface area contributed by atoms with Gasteiger partial charge in [0.25, 0.3) is 11.8 Å². The number of aromatic nitrogens is 2. The van der Waals surface area contributed by atoms with E-state index in [1.165, 1.54) is 6.07 Å². The highest BCUT2D eigenvalue weighted by atomic mass is 35.5. The zero-order valence-electron chi connectivity index (χ0n) is 21.2. The molecule has 0 radical (unpaired) electrons. The molecule has 2 rings (SSSR count). The van der Waals surface area contributed by atoms with Gasteiger partial charge in [0.2, 0.25) is 5.91 Å². The average molecular weight is 538 g/mol. The summed E-state index contributed by atoms with van der Waals surface area (Å²) in [5.41, 5.74) is 1.51. The van der Waals surface area contributed by atoms with Crippen molar-refractivity contribution in [3.63, 3.8) is 0 Å². The minimum absolute atomic E-state index is 0.0296. The van der Waals surface area contributed by atoms with Gasteiger partial charge in [0, 0.05) is 58.4 Å².